The quantitative estimate of drug-likeness (QED) is 0.486. The van der Waals surface area contributed by atoms with Gasteiger partial charge in [0.05, 0.1) is 0 Å². The molecule has 0 spiro atoms. The number of thioether (sulfide) groups is 1. The Hall–Kier alpha value is -2.06. The first-order valence-electron chi connectivity index (χ1n) is 7.05. The molecule has 0 aliphatic rings. The molecule has 0 atom stereocenters. The van der Waals surface area contributed by atoms with Crippen molar-refractivity contribution in [1.82, 2.24) is 0 Å². The summed E-state index contributed by atoms with van der Waals surface area (Å²) < 4.78 is 0. The van der Waals surface area contributed by atoms with Crippen molar-refractivity contribution in [1.29, 1.82) is 0 Å². The molecule has 0 unspecified atom stereocenters. The van der Waals surface area contributed by atoms with Gasteiger partial charge in [-0.2, -0.15) is 0 Å². The zero-order valence-electron chi connectivity index (χ0n) is 11.9. The van der Waals surface area contributed by atoms with Crippen LogP contribution < -0.4 is 0 Å². The van der Waals surface area contributed by atoms with Crippen LogP contribution in [0.15, 0.2) is 71.6 Å². The highest BCUT2D eigenvalue weighted by Gasteiger charge is 2.12. The Bertz CT molecular complexity index is 770. The summed E-state index contributed by atoms with van der Waals surface area (Å²) in [5.41, 5.74) is 1.51. The molecular formula is C19H16OS. The zero-order valence-corrected chi connectivity index (χ0v) is 12.7. The molecule has 0 bridgehead atoms. The summed E-state index contributed by atoms with van der Waals surface area (Å²) >= 11 is 1.78. The number of hydrogen-bond acceptors (Lipinski definition) is 2. The molecule has 0 fully saturated rings. The lowest BCUT2D eigenvalue weighted by Crippen LogP contribution is -2.01. The van der Waals surface area contributed by atoms with Crippen LogP contribution >= 0.6 is 11.8 Å². The van der Waals surface area contributed by atoms with Crippen LogP contribution in [-0.4, -0.2) is 11.5 Å². The van der Waals surface area contributed by atoms with Crippen molar-refractivity contribution in [2.75, 3.05) is 5.75 Å². The van der Waals surface area contributed by atoms with Gasteiger partial charge in [-0.15, -0.1) is 11.8 Å². The lowest BCUT2D eigenvalue weighted by atomic mass is 9.97. The summed E-state index contributed by atoms with van der Waals surface area (Å²) in [6.07, 6.45) is 0. The standard InChI is InChI=1S/C19H16OS/c1-2-21-16-12-10-15(11-13-16)19(20)18-9-5-7-14-6-3-4-8-17(14)18/h3-13H,2H2,1H3. The second kappa shape index (κ2) is 6.15. The Kier molecular flexibility index (Phi) is 4.07. The van der Waals surface area contributed by atoms with Crippen molar-refractivity contribution in [2.45, 2.75) is 11.8 Å². The van der Waals surface area contributed by atoms with Gasteiger partial charge in [0, 0.05) is 16.0 Å². The zero-order chi connectivity index (χ0) is 14.7. The van der Waals surface area contributed by atoms with Gasteiger partial charge >= 0.3 is 0 Å². The van der Waals surface area contributed by atoms with E-state index in [1.165, 1.54) is 4.90 Å². The summed E-state index contributed by atoms with van der Waals surface area (Å²) in [6, 6.07) is 21.8. The third kappa shape index (κ3) is 2.86. The Morgan fingerprint density at radius 3 is 2.38 bits per heavy atom. The fraction of sp³-hybridized carbons (Fsp3) is 0.105. The van der Waals surface area contributed by atoms with E-state index >= 15 is 0 Å². The summed E-state index contributed by atoms with van der Waals surface area (Å²) in [5.74, 6) is 1.12. The molecule has 0 aromatic heterocycles. The van der Waals surface area contributed by atoms with Crippen LogP contribution in [0.1, 0.15) is 22.8 Å². The van der Waals surface area contributed by atoms with Gasteiger partial charge in [0.25, 0.3) is 0 Å². The summed E-state index contributed by atoms with van der Waals surface area (Å²) in [4.78, 5) is 13.9. The molecule has 0 N–H and O–H groups in total. The number of carbonyl (C=O) groups is 1. The first kappa shape index (κ1) is 13.9. The van der Waals surface area contributed by atoms with Gasteiger partial charge in [-0.3, -0.25) is 4.79 Å². The predicted octanol–water partition coefficient (Wildman–Crippen LogP) is 5.18. The van der Waals surface area contributed by atoms with Crippen LogP contribution in [0.2, 0.25) is 0 Å². The van der Waals surface area contributed by atoms with Crippen LogP contribution in [0.3, 0.4) is 0 Å². The minimum atomic E-state index is 0.0832. The Balaban J connectivity index is 2.00. The van der Waals surface area contributed by atoms with Crippen molar-refractivity contribution >= 4 is 28.3 Å². The number of ketones is 1. The van der Waals surface area contributed by atoms with E-state index in [0.717, 1.165) is 27.7 Å². The van der Waals surface area contributed by atoms with Gasteiger partial charge in [-0.25, -0.2) is 0 Å². The smallest absolute Gasteiger partial charge is 0.193 e. The van der Waals surface area contributed by atoms with E-state index in [9.17, 15) is 4.79 Å². The van der Waals surface area contributed by atoms with E-state index in [1.54, 1.807) is 11.8 Å². The van der Waals surface area contributed by atoms with E-state index in [-0.39, 0.29) is 5.78 Å². The normalized spacial score (nSPS) is 10.7. The monoisotopic (exact) mass is 292 g/mol. The topological polar surface area (TPSA) is 17.1 Å². The Labute approximate surface area is 129 Å². The molecule has 0 heterocycles. The Morgan fingerprint density at radius 2 is 1.62 bits per heavy atom. The number of benzene rings is 3. The van der Waals surface area contributed by atoms with Gasteiger partial charge in [0.2, 0.25) is 0 Å². The molecule has 3 aromatic carbocycles. The first-order valence-corrected chi connectivity index (χ1v) is 8.03. The molecular weight excluding hydrogens is 276 g/mol. The second-order valence-electron chi connectivity index (χ2n) is 4.81. The molecule has 0 saturated heterocycles. The molecule has 0 saturated carbocycles. The molecule has 0 aliphatic heterocycles. The maximum atomic E-state index is 12.7. The van der Waals surface area contributed by atoms with Crippen LogP contribution in [0.25, 0.3) is 10.8 Å². The van der Waals surface area contributed by atoms with Crippen molar-refractivity contribution in [2.24, 2.45) is 0 Å². The third-order valence-corrected chi connectivity index (χ3v) is 4.36. The van der Waals surface area contributed by atoms with Crippen LogP contribution in [0.4, 0.5) is 0 Å². The van der Waals surface area contributed by atoms with Crippen molar-refractivity contribution in [3.8, 4) is 0 Å². The third-order valence-electron chi connectivity index (χ3n) is 3.46. The predicted molar refractivity (Wildman–Crippen MR) is 90.2 cm³/mol. The maximum absolute atomic E-state index is 12.7. The summed E-state index contributed by atoms with van der Waals surface area (Å²) in [5, 5.41) is 2.11. The van der Waals surface area contributed by atoms with E-state index in [1.807, 2.05) is 66.7 Å². The van der Waals surface area contributed by atoms with Crippen molar-refractivity contribution in [3.63, 3.8) is 0 Å². The molecule has 3 aromatic rings. The van der Waals surface area contributed by atoms with E-state index < -0.39 is 0 Å². The molecule has 0 aliphatic carbocycles. The maximum Gasteiger partial charge on any atom is 0.193 e. The highest BCUT2D eigenvalue weighted by atomic mass is 32.2. The van der Waals surface area contributed by atoms with Crippen LogP contribution in [0.5, 0.6) is 0 Å². The molecule has 2 heteroatoms. The van der Waals surface area contributed by atoms with Gasteiger partial charge in [-0.1, -0.05) is 49.4 Å². The Morgan fingerprint density at radius 1 is 0.905 bits per heavy atom. The minimum absolute atomic E-state index is 0.0832. The fourth-order valence-electron chi connectivity index (χ4n) is 2.45. The highest BCUT2D eigenvalue weighted by molar-refractivity contribution is 7.99. The summed E-state index contributed by atoms with van der Waals surface area (Å²) in [6.45, 7) is 2.12. The molecule has 0 radical (unpaired) electrons. The van der Waals surface area contributed by atoms with Crippen molar-refractivity contribution in [3.05, 3.63) is 77.9 Å². The molecule has 21 heavy (non-hydrogen) atoms. The largest absolute Gasteiger partial charge is 0.289 e. The average Bonchev–Trinajstić information content (AvgIpc) is 2.55. The van der Waals surface area contributed by atoms with Crippen molar-refractivity contribution < 1.29 is 4.79 Å². The SMILES string of the molecule is CCSc1ccc(C(=O)c2cccc3ccccc23)cc1. The minimum Gasteiger partial charge on any atom is -0.289 e. The van der Waals surface area contributed by atoms with Gasteiger partial charge < -0.3 is 0 Å². The van der Waals surface area contributed by atoms with Gasteiger partial charge in [-0.05, 0) is 40.8 Å². The lowest BCUT2D eigenvalue weighted by molar-refractivity contribution is 0.104. The molecule has 104 valence electrons. The van der Waals surface area contributed by atoms with Gasteiger partial charge in [0.15, 0.2) is 5.78 Å². The van der Waals surface area contributed by atoms with Gasteiger partial charge in [0.1, 0.15) is 0 Å². The second-order valence-corrected chi connectivity index (χ2v) is 6.15. The number of hydrogen-bond donors (Lipinski definition) is 0. The lowest BCUT2D eigenvalue weighted by Gasteiger charge is -2.06. The highest BCUT2D eigenvalue weighted by Crippen LogP contribution is 2.23. The van der Waals surface area contributed by atoms with E-state index in [2.05, 4.69) is 6.92 Å². The number of rotatable bonds is 4. The average molecular weight is 292 g/mol. The fourth-order valence-corrected chi connectivity index (χ4v) is 3.11. The van der Waals surface area contributed by atoms with Crippen LogP contribution in [0, 0.1) is 0 Å². The number of fused-ring (bicyclic) bond motifs is 1. The van der Waals surface area contributed by atoms with Crippen LogP contribution in [-0.2, 0) is 0 Å². The first-order chi connectivity index (χ1) is 10.3. The summed E-state index contributed by atoms with van der Waals surface area (Å²) in [7, 11) is 0. The molecule has 1 nitrogen and oxygen atoms in total. The molecule has 0 amide bonds. The van der Waals surface area contributed by atoms with E-state index in [4.69, 9.17) is 0 Å². The number of carbonyl (C=O) groups excluding carboxylic acids is 1. The molecule has 3 rings (SSSR count). The van der Waals surface area contributed by atoms with E-state index in [0.29, 0.717) is 0 Å².